The Labute approximate surface area is 114 Å². The second kappa shape index (κ2) is 5.48. The number of rotatable bonds is 3. The van der Waals surface area contributed by atoms with Crippen LogP contribution in [0.2, 0.25) is 0 Å². The highest BCUT2D eigenvalue weighted by molar-refractivity contribution is 9.10. The molecule has 0 atom stereocenters. The Kier molecular flexibility index (Phi) is 3.97. The summed E-state index contributed by atoms with van der Waals surface area (Å²) < 4.78 is 1.05. The smallest absolute Gasteiger partial charge is 0.254 e. The molecule has 4 heteroatoms. The number of benzene rings is 1. The molecule has 0 saturated carbocycles. The molecule has 0 aliphatic carbocycles. The van der Waals surface area contributed by atoms with Gasteiger partial charge in [0.1, 0.15) is 5.82 Å². The Bertz CT molecular complexity index is 602. The molecule has 18 heavy (non-hydrogen) atoms. The van der Waals surface area contributed by atoms with Crippen LogP contribution in [0.15, 0.2) is 33.5 Å². The van der Waals surface area contributed by atoms with Gasteiger partial charge in [-0.15, -0.1) is 0 Å². The fraction of sp³-hybridized carbons (Fsp3) is 0.286. The van der Waals surface area contributed by atoms with E-state index >= 15 is 0 Å². The van der Waals surface area contributed by atoms with Crippen LogP contribution in [0.1, 0.15) is 29.6 Å². The first kappa shape index (κ1) is 13.0. The number of hydrogen-bond acceptors (Lipinski definition) is 2. The normalized spacial score (nSPS) is 10.6. The summed E-state index contributed by atoms with van der Waals surface area (Å²) in [6, 6.07) is 8.02. The van der Waals surface area contributed by atoms with Crippen molar-refractivity contribution < 1.29 is 0 Å². The Hall–Kier alpha value is -1.42. The number of aromatic nitrogens is 2. The van der Waals surface area contributed by atoms with E-state index in [0.29, 0.717) is 12.8 Å². The lowest BCUT2D eigenvalue weighted by Crippen LogP contribution is -2.18. The minimum absolute atomic E-state index is 0.0166. The zero-order valence-corrected chi connectivity index (χ0v) is 12.0. The number of H-pyrrole nitrogens is 1. The maximum absolute atomic E-state index is 11.8. The summed E-state index contributed by atoms with van der Waals surface area (Å²) in [5.41, 5.74) is 2.71. The Morgan fingerprint density at radius 3 is 2.50 bits per heavy atom. The second-order valence-corrected chi connectivity index (χ2v) is 5.15. The van der Waals surface area contributed by atoms with E-state index in [4.69, 9.17) is 0 Å². The van der Waals surface area contributed by atoms with Gasteiger partial charge in [0.2, 0.25) is 0 Å². The van der Waals surface area contributed by atoms with Crippen LogP contribution in [0.5, 0.6) is 0 Å². The summed E-state index contributed by atoms with van der Waals surface area (Å²) >= 11 is 3.40. The van der Waals surface area contributed by atoms with Gasteiger partial charge in [-0.3, -0.25) is 4.79 Å². The minimum Gasteiger partial charge on any atom is -0.310 e. The van der Waals surface area contributed by atoms with Crippen LogP contribution in [-0.4, -0.2) is 9.97 Å². The number of nitrogens with one attached hydrogen (secondary N) is 1. The molecule has 0 saturated heterocycles. The molecule has 0 aliphatic heterocycles. The van der Waals surface area contributed by atoms with Gasteiger partial charge in [-0.05, 0) is 31.0 Å². The molecule has 1 aromatic carbocycles. The summed E-state index contributed by atoms with van der Waals surface area (Å²) in [5, 5.41) is 0. The first-order valence-electron chi connectivity index (χ1n) is 5.93. The van der Waals surface area contributed by atoms with Crippen molar-refractivity contribution in [1.29, 1.82) is 0 Å². The van der Waals surface area contributed by atoms with E-state index in [1.165, 1.54) is 0 Å². The van der Waals surface area contributed by atoms with Crippen LogP contribution in [0.3, 0.4) is 0 Å². The number of nitrogens with zero attached hydrogens (tertiary/aromatic N) is 1. The average Bonchev–Trinajstić information content (AvgIpc) is 2.32. The number of aromatic amines is 1. The van der Waals surface area contributed by atoms with E-state index < -0.39 is 0 Å². The van der Waals surface area contributed by atoms with Crippen molar-refractivity contribution in [1.82, 2.24) is 9.97 Å². The summed E-state index contributed by atoms with van der Waals surface area (Å²) in [7, 11) is 0. The van der Waals surface area contributed by atoms with Crippen LogP contribution in [-0.2, 0) is 12.8 Å². The zero-order chi connectivity index (χ0) is 13.1. The van der Waals surface area contributed by atoms with Gasteiger partial charge in [-0.1, -0.05) is 35.0 Å². The van der Waals surface area contributed by atoms with Crippen LogP contribution in [0, 0.1) is 6.92 Å². The largest absolute Gasteiger partial charge is 0.310 e. The SMILES string of the molecule is CCc1c(C)nc(Cc2ccc(Br)cc2)[nH]c1=O. The van der Waals surface area contributed by atoms with Gasteiger partial charge in [-0.25, -0.2) is 4.98 Å². The highest BCUT2D eigenvalue weighted by Crippen LogP contribution is 2.12. The summed E-state index contributed by atoms with van der Waals surface area (Å²) in [5.74, 6) is 0.719. The molecule has 0 radical (unpaired) electrons. The van der Waals surface area contributed by atoms with Crippen molar-refractivity contribution in [2.24, 2.45) is 0 Å². The third kappa shape index (κ3) is 2.88. The highest BCUT2D eigenvalue weighted by atomic mass is 79.9. The third-order valence-electron chi connectivity index (χ3n) is 2.91. The van der Waals surface area contributed by atoms with Crippen molar-refractivity contribution in [2.45, 2.75) is 26.7 Å². The van der Waals surface area contributed by atoms with E-state index in [1.54, 1.807) is 0 Å². The second-order valence-electron chi connectivity index (χ2n) is 4.23. The lowest BCUT2D eigenvalue weighted by atomic mass is 10.1. The van der Waals surface area contributed by atoms with Gasteiger partial charge >= 0.3 is 0 Å². The molecular weight excluding hydrogens is 292 g/mol. The highest BCUT2D eigenvalue weighted by Gasteiger charge is 2.06. The fourth-order valence-corrected chi connectivity index (χ4v) is 2.23. The number of halogens is 1. The monoisotopic (exact) mass is 306 g/mol. The zero-order valence-electron chi connectivity index (χ0n) is 10.5. The maximum Gasteiger partial charge on any atom is 0.254 e. The fourth-order valence-electron chi connectivity index (χ4n) is 1.96. The van der Waals surface area contributed by atoms with Crippen LogP contribution < -0.4 is 5.56 Å². The van der Waals surface area contributed by atoms with Gasteiger partial charge in [-0.2, -0.15) is 0 Å². The summed E-state index contributed by atoms with van der Waals surface area (Å²) in [6.45, 7) is 3.85. The van der Waals surface area contributed by atoms with Gasteiger partial charge in [0, 0.05) is 22.2 Å². The standard InChI is InChI=1S/C14H15BrN2O/c1-3-12-9(2)16-13(17-14(12)18)8-10-4-6-11(15)7-5-10/h4-7H,3,8H2,1-2H3,(H,16,17,18). The van der Waals surface area contributed by atoms with Crippen LogP contribution in [0.4, 0.5) is 0 Å². The first-order chi connectivity index (χ1) is 8.60. The first-order valence-corrected chi connectivity index (χ1v) is 6.72. The van der Waals surface area contributed by atoms with Gasteiger partial charge in [0.15, 0.2) is 0 Å². The molecule has 0 fully saturated rings. The topological polar surface area (TPSA) is 45.8 Å². The van der Waals surface area contributed by atoms with Gasteiger partial charge < -0.3 is 4.98 Å². The average molecular weight is 307 g/mol. The van der Waals surface area contributed by atoms with Crippen molar-refractivity contribution in [2.75, 3.05) is 0 Å². The van der Waals surface area contributed by atoms with Crippen molar-refractivity contribution in [3.05, 3.63) is 61.7 Å². The van der Waals surface area contributed by atoms with Gasteiger partial charge in [0.05, 0.1) is 0 Å². The third-order valence-corrected chi connectivity index (χ3v) is 3.44. The van der Waals surface area contributed by atoms with Crippen molar-refractivity contribution in [3.63, 3.8) is 0 Å². The molecule has 3 nitrogen and oxygen atoms in total. The predicted octanol–water partition coefficient (Wildman–Crippen LogP) is 2.99. The molecule has 0 spiro atoms. The van der Waals surface area contributed by atoms with Crippen molar-refractivity contribution >= 4 is 15.9 Å². The van der Waals surface area contributed by atoms with Crippen LogP contribution >= 0.6 is 15.9 Å². The maximum atomic E-state index is 11.8. The molecule has 1 heterocycles. The molecule has 2 aromatic rings. The molecule has 0 amide bonds. The lowest BCUT2D eigenvalue weighted by Gasteiger charge is -2.06. The van der Waals surface area contributed by atoms with E-state index in [0.717, 1.165) is 27.1 Å². The predicted molar refractivity (Wildman–Crippen MR) is 75.9 cm³/mol. The molecular formula is C14H15BrN2O. The van der Waals surface area contributed by atoms with E-state index in [-0.39, 0.29) is 5.56 Å². The van der Waals surface area contributed by atoms with Crippen LogP contribution in [0.25, 0.3) is 0 Å². The molecule has 94 valence electrons. The Morgan fingerprint density at radius 1 is 1.28 bits per heavy atom. The molecule has 0 bridgehead atoms. The summed E-state index contributed by atoms with van der Waals surface area (Å²) in [4.78, 5) is 19.1. The van der Waals surface area contributed by atoms with Crippen molar-refractivity contribution in [3.8, 4) is 0 Å². The lowest BCUT2D eigenvalue weighted by molar-refractivity contribution is 0.878. The molecule has 0 unspecified atom stereocenters. The number of aryl methyl sites for hydroxylation is 1. The molecule has 0 aliphatic rings. The van der Waals surface area contributed by atoms with E-state index in [2.05, 4.69) is 25.9 Å². The van der Waals surface area contributed by atoms with E-state index in [9.17, 15) is 4.79 Å². The van der Waals surface area contributed by atoms with E-state index in [1.807, 2.05) is 38.1 Å². The molecule has 1 aromatic heterocycles. The minimum atomic E-state index is -0.0166. The quantitative estimate of drug-likeness (QED) is 0.947. The Morgan fingerprint density at radius 2 is 1.94 bits per heavy atom. The molecule has 2 rings (SSSR count). The number of hydrogen-bond donors (Lipinski definition) is 1. The molecule has 1 N–H and O–H groups in total. The van der Waals surface area contributed by atoms with Gasteiger partial charge in [0.25, 0.3) is 5.56 Å². The summed E-state index contributed by atoms with van der Waals surface area (Å²) in [6.07, 6.45) is 1.36. The Balaban J connectivity index is 2.30.